The van der Waals surface area contributed by atoms with E-state index in [4.69, 9.17) is 9.47 Å². The van der Waals surface area contributed by atoms with E-state index in [-0.39, 0.29) is 12.1 Å². The summed E-state index contributed by atoms with van der Waals surface area (Å²) in [5, 5.41) is 2.67. The zero-order valence-corrected chi connectivity index (χ0v) is 15.6. The van der Waals surface area contributed by atoms with E-state index in [1.54, 1.807) is 25.3 Å². The summed E-state index contributed by atoms with van der Waals surface area (Å²) in [6.07, 6.45) is -0.265. The third-order valence-corrected chi connectivity index (χ3v) is 4.24. The minimum Gasteiger partial charge on any atom is -0.497 e. The van der Waals surface area contributed by atoms with Gasteiger partial charge in [0.1, 0.15) is 5.75 Å². The largest absolute Gasteiger partial charge is 0.497 e. The maximum atomic E-state index is 12.3. The maximum Gasteiger partial charge on any atom is 0.323 e. The highest BCUT2D eigenvalue weighted by atomic mass is 16.5. The first-order chi connectivity index (χ1) is 13.4. The number of aromatic amines is 2. The van der Waals surface area contributed by atoms with E-state index in [9.17, 15) is 14.4 Å². The Balaban J connectivity index is 1.50. The molecule has 0 aliphatic carbocycles. The van der Waals surface area contributed by atoms with Crippen LogP contribution >= 0.6 is 0 Å². The molecule has 0 saturated carbocycles. The fourth-order valence-electron chi connectivity index (χ4n) is 2.70. The van der Waals surface area contributed by atoms with E-state index in [0.717, 1.165) is 11.3 Å². The second-order valence-electron chi connectivity index (χ2n) is 6.31. The second-order valence-corrected chi connectivity index (χ2v) is 6.31. The molecule has 3 aromatic rings. The van der Waals surface area contributed by atoms with Crippen LogP contribution in [0.1, 0.15) is 18.9 Å². The molecular formula is C20H21N3O5. The quantitative estimate of drug-likeness (QED) is 0.542. The lowest BCUT2D eigenvalue weighted by molar-refractivity contribution is -0.153. The van der Waals surface area contributed by atoms with Crippen LogP contribution < -0.4 is 15.7 Å². The van der Waals surface area contributed by atoms with E-state index < -0.39 is 18.0 Å². The van der Waals surface area contributed by atoms with Crippen LogP contribution in [0, 0.1) is 0 Å². The van der Waals surface area contributed by atoms with Crippen LogP contribution in [0.4, 0.5) is 5.69 Å². The van der Waals surface area contributed by atoms with Crippen LogP contribution in [-0.4, -0.2) is 35.1 Å². The van der Waals surface area contributed by atoms with Gasteiger partial charge in [-0.25, -0.2) is 4.79 Å². The molecule has 146 valence electrons. The number of aromatic nitrogens is 2. The number of nitrogens with one attached hydrogen (secondary N) is 3. The van der Waals surface area contributed by atoms with Gasteiger partial charge in [0.2, 0.25) is 0 Å². The predicted molar refractivity (Wildman–Crippen MR) is 104 cm³/mol. The Labute approximate surface area is 160 Å². The number of carbonyl (C=O) groups is 2. The summed E-state index contributed by atoms with van der Waals surface area (Å²) in [7, 11) is 1.59. The SMILES string of the molecule is COc1ccc(CCC(=O)O[C@@H](C)C(=O)Nc2ccc3[nH]c(=O)[nH]c3c2)cc1. The highest BCUT2D eigenvalue weighted by Crippen LogP contribution is 2.16. The molecule has 8 nitrogen and oxygen atoms in total. The molecule has 1 heterocycles. The minimum atomic E-state index is -0.940. The van der Waals surface area contributed by atoms with Gasteiger partial charge in [0.25, 0.3) is 5.91 Å². The number of carbonyl (C=O) groups excluding carboxylic acids is 2. The maximum absolute atomic E-state index is 12.3. The molecule has 0 spiro atoms. The minimum absolute atomic E-state index is 0.167. The van der Waals surface area contributed by atoms with Crippen LogP contribution in [0.3, 0.4) is 0 Å². The van der Waals surface area contributed by atoms with Gasteiger partial charge in [0.15, 0.2) is 6.10 Å². The predicted octanol–water partition coefficient (Wildman–Crippen LogP) is 2.37. The molecule has 1 aromatic heterocycles. The average Bonchev–Trinajstić information content (AvgIpc) is 3.06. The lowest BCUT2D eigenvalue weighted by Crippen LogP contribution is -2.30. The van der Waals surface area contributed by atoms with Crippen molar-refractivity contribution in [2.45, 2.75) is 25.9 Å². The first kappa shape index (κ1) is 19.2. The van der Waals surface area contributed by atoms with Gasteiger partial charge in [-0.05, 0) is 49.2 Å². The number of methoxy groups -OCH3 is 1. The fraction of sp³-hybridized carbons (Fsp3) is 0.250. The molecule has 0 unspecified atom stereocenters. The van der Waals surface area contributed by atoms with E-state index in [1.807, 2.05) is 24.3 Å². The van der Waals surface area contributed by atoms with Crippen molar-refractivity contribution in [2.75, 3.05) is 12.4 Å². The van der Waals surface area contributed by atoms with Gasteiger partial charge in [-0.15, -0.1) is 0 Å². The number of anilines is 1. The van der Waals surface area contributed by atoms with Gasteiger partial charge in [0, 0.05) is 12.1 Å². The van der Waals surface area contributed by atoms with Gasteiger partial charge in [-0.3, -0.25) is 9.59 Å². The van der Waals surface area contributed by atoms with Crippen molar-refractivity contribution in [3.8, 4) is 5.75 Å². The topological polar surface area (TPSA) is 113 Å². The first-order valence-electron chi connectivity index (χ1n) is 8.80. The molecule has 8 heteroatoms. The Bertz CT molecular complexity index is 1040. The van der Waals surface area contributed by atoms with Crippen molar-refractivity contribution in [1.82, 2.24) is 9.97 Å². The van der Waals surface area contributed by atoms with Crippen molar-refractivity contribution in [3.63, 3.8) is 0 Å². The molecule has 1 atom stereocenters. The molecule has 0 fully saturated rings. The monoisotopic (exact) mass is 383 g/mol. The lowest BCUT2D eigenvalue weighted by Gasteiger charge is -2.13. The second kappa shape index (κ2) is 8.43. The summed E-state index contributed by atoms with van der Waals surface area (Å²) in [5.41, 5.74) is 2.36. The number of imidazole rings is 1. The van der Waals surface area contributed by atoms with Crippen LogP contribution in [-0.2, 0) is 20.7 Å². The third kappa shape index (κ3) is 4.79. The van der Waals surface area contributed by atoms with Gasteiger partial charge < -0.3 is 24.8 Å². The zero-order valence-electron chi connectivity index (χ0n) is 15.6. The first-order valence-corrected chi connectivity index (χ1v) is 8.80. The summed E-state index contributed by atoms with van der Waals surface area (Å²) in [4.78, 5) is 40.8. The van der Waals surface area contributed by atoms with Gasteiger partial charge in [-0.1, -0.05) is 12.1 Å². The number of amides is 1. The van der Waals surface area contributed by atoms with Crippen molar-refractivity contribution < 1.29 is 19.1 Å². The fourth-order valence-corrected chi connectivity index (χ4v) is 2.70. The highest BCUT2D eigenvalue weighted by Gasteiger charge is 2.18. The highest BCUT2D eigenvalue weighted by molar-refractivity contribution is 5.96. The number of fused-ring (bicyclic) bond motifs is 1. The molecule has 0 saturated heterocycles. The van der Waals surface area contributed by atoms with Crippen molar-refractivity contribution in [3.05, 3.63) is 58.5 Å². The molecule has 3 rings (SSSR count). The van der Waals surface area contributed by atoms with Crippen molar-refractivity contribution >= 4 is 28.6 Å². The molecular weight excluding hydrogens is 362 g/mol. The Hall–Kier alpha value is -3.55. The molecule has 0 bridgehead atoms. The summed E-state index contributed by atoms with van der Waals surface area (Å²) < 4.78 is 10.3. The molecule has 1 amide bonds. The van der Waals surface area contributed by atoms with E-state index in [2.05, 4.69) is 15.3 Å². The number of hydrogen-bond donors (Lipinski definition) is 3. The molecule has 3 N–H and O–H groups in total. The molecule has 28 heavy (non-hydrogen) atoms. The number of H-pyrrole nitrogens is 2. The summed E-state index contributed by atoms with van der Waals surface area (Å²) in [6.45, 7) is 1.51. The number of benzene rings is 2. The van der Waals surface area contributed by atoms with Crippen molar-refractivity contribution in [2.24, 2.45) is 0 Å². The molecule has 0 aliphatic heterocycles. The van der Waals surface area contributed by atoms with Crippen LogP contribution in [0.5, 0.6) is 5.75 Å². The summed E-state index contributed by atoms with van der Waals surface area (Å²) in [5.74, 6) is -0.155. The van der Waals surface area contributed by atoms with Gasteiger partial charge in [-0.2, -0.15) is 0 Å². The Morgan fingerprint density at radius 3 is 2.50 bits per heavy atom. The van der Waals surface area contributed by atoms with Gasteiger partial charge in [0.05, 0.1) is 18.1 Å². The molecule has 0 aliphatic rings. The van der Waals surface area contributed by atoms with E-state index in [1.165, 1.54) is 6.92 Å². The third-order valence-electron chi connectivity index (χ3n) is 4.24. The normalized spacial score (nSPS) is 11.8. The Kier molecular flexibility index (Phi) is 5.78. The van der Waals surface area contributed by atoms with Crippen LogP contribution in [0.2, 0.25) is 0 Å². The number of rotatable bonds is 7. The van der Waals surface area contributed by atoms with E-state index in [0.29, 0.717) is 23.1 Å². The van der Waals surface area contributed by atoms with Crippen LogP contribution in [0.15, 0.2) is 47.3 Å². The summed E-state index contributed by atoms with van der Waals surface area (Å²) >= 11 is 0. The Morgan fingerprint density at radius 2 is 1.79 bits per heavy atom. The van der Waals surface area contributed by atoms with E-state index >= 15 is 0 Å². The molecule has 2 aromatic carbocycles. The number of ether oxygens (including phenoxy) is 2. The Morgan fingerprint density at radius 1 is 1.07 bits per heavy atom. The van der Waals surface area contributed by atoms with Crippen LogP contribution in [0.25, 0.3) is 11.0 Å². The zero-order chi connectivity index (χ0) is 20.1. The van der Waals surface area contributed by atoms with Crippen molar-refractivity contribution in [1.29, 1.82) is 0 Å². The lowest BCUT2D eigenvalue weighted by atomic mass is 10.1. The number of esters is 1. The smallest absolute Gasteiger partial charge is 0.323 e. The summed E-state index contributed by atoms with van der Waals surface area (Å²) in [6, 6.07) is 12.4. The average molecular weight is 383 g/mol. The number of hydrogen-bond acceptors (Lipinski definition) is 5. The number of aryl methyl sites for hydroxylation is 1. The molecule has 0 radical (unpaired) electrons. The van der Waals surface area contributed by atoms with Gasteiger partial charge >= 0.3 is 11.7 Å². The standard InChI is InChI=1S/C20H21N3O5/c1-12(28-18(24)10-5-13-3-7-15(27-2)8-4-13)19(25)21-14-6-9-16-17(11-14)23-20(26)22-16/h3-4,6-9,11-12H,5,10H2,1-2H3,(H,21,25)(H2,22,23,26)/t12-/m0/s1.